The lowest BCUT2D eigenvalue weighted by Crippen LogP contribution is -2.34. The number of methoxy groups -OCH3 is 1. The first kappa shape index (κ1) is 21.7. The van der Waals surface area contributed by atoms with Gasteiger partial charge in [0.25, 0.3) is 11.8 Å². The maximum absolute atomic E-state index is 12.1. The molecule has 3 aromatic rings. The molecule has 0 saturated heterocycles. The van der Waals surface area contributed by atoms with Gasteiger partial charge in [-0.25, -0.2) is 4.98 Å². The molecule has 0 aliphatic heterocycles. The normalized spacial score (nSPS) is 18.2. The largest absolute Gasteiger partial charge is 0.497 e. The smallest absolute Gasteiger partial charge is 0.267 e. The van der Waals surface area contributed by atoms with E-state index >= 15 is 0 Å². The Hall–Kier alpha value is -3.49. The van der Waals surface area contributed by atoms with Crippen molar-refractivity contribution in [3.8, 4) is 23.1 Å². The fourth-order valence-corrected chi connectivity index (χ4v) is 3.75. The van der Waals surface area contributed by atoms with Gasteiger partial charge in [0.15, 0.2) is 6.61 Å². The Labute approximate surface area is 186 Å². The van der Waals surface area contributed by atoms with E-state index in [1.807, 2.05) is 6.92 Å². The number of benzene rings is 1. The van der Waals surface area contributed by atoms with Gasteiger partial charge < -0.3 is 19.2 Å². The molecule has 1 aliphatic rings. The van der Waals surface area contributed by atoms with Crippen molar-refractivity contribution < 1.29 is 18.7 Å². The van der Waals surface area contributed by atoms with Gasteiger partial charge in [-0.3, -0.25) is 9.78 Å². The van der Waals surface area contributed by atoms with Gasteiger partial charge in [0.05, 0.1) is 19.0 Å². The monoisotopic (exact) mass is 437 g/mol. The van der Waals surface area contributed by atoms with E-state index in [1.165, 1.54) is 0 Å². The number of hydrogen-bond donors (Lipinski definition) is 1. The van der Waals surface area contributed by atoms with Crippen molar-refractivity contribution in [1.29, 1.82) is 0 Å². The molecule has 2 heterocycles. The summed E-state index contributed by atoms with van der Waals surface area (Å²) in [5.41, 5.74) is 1.42. The zero-order valence-electron chi connectivity index (χ0n) is 18.3. The summed E-state index contributed by atoms with van der Waals surface area (Å²) in [7, 11) is 1.61. The average Bonchev–Trinajstić information content (AvgIpc) is 3.33. The Morgan fingerprint density at radius 1 is 1.06 bits per heavy atom. The fourth-order valence-electron chi connectivity index (χ4n) is 3.75. The molecule has 9 nitrogen and oxygen atoms in total. The number of rotatable bonds is 8. The lowest BCUT2D eigenvalue weighted by atomic mass is 9.82. The van der Waals surface area contributed by atoms with Crippen LogP contribution in [0.3, 0.4) is 0 Å². The molecule has 0 bridgehead atoms. The van der Waals surface area contributed by atoms with E-state index in [2.05, 4.69) is 25.5 Å². The van der Waals surface area contributed by atoms with Crippen LogP contribution in [-0.4, -0.2) is 46.3 Å². The molecular formula is C23H27N5O4. The van der Waals surface area contributed by atoms with Gasteiger partial charge >= 0.3 is 0 Å². The number of hydrogen-bond acceptors (Lipinski definition) is 8. The van der Waals surface area contributed by atoms with Crippen LogP contribution in [0.2, 0.25) is 0 Å². The topological polar surface area (TPSA) is 112 Å². The van der Waals surface area contributed by atoms with Crippen molar-refractivity contribution >= 4 is 5.91 Å². The minimum atomic E-state index is -0.122. The third-order valence-electron chi connectivity index (χ3n) is 5.65. The third kappa shape index (κ3) is 5.60. The zero-order chi connectivity index (χ0) is 22.3. The molecule has 1 aromatic carbocycles. The summed E-state index contributed by atoms with van der Waals surface area (Å²) >= 11 is 0. The molecule has 1 amide bonds. The van der Waals surface area contributed by atoms with Crippen molar-refractivity contribution in [2.24, 2.45) is 5.92 Å². The Morgan fingerprint density at radius 3 is 2.50 bits per heavy atom. The number of amides is 1. The molecule has 0 spiro atoms. The molecule has 9 heteroatoms. The van der Waals surface area contributed by atoms with E-state index < -0.39 is 0 Å². The number of nitrogens with zero attached hydrogens (tertiary/aromatic N) is 4. The van der Waals surface area contributed by atoms with Crippen molar-refractivity contribution in [2.45, 2.75) is 38.5 Å². The van der Waals surface area contributed by atoms with Crippen molar-refractivity contribution in [1.82, 2.24) is 25.5 Å². The molecular weight excluding hydrogens is 410 g/mol. The van der Waals surface area contributed by atoms with E-state index in [0.29, 0.717) is 35.7 Å². The van der Waals surface area contributed by atoms with Crippen LogP contribution in [0.25, 0.3) is 11.6 Å². The Bertz CT molecular complexity index is 1010. The first-order chi connectivity index (χ1) is 15.6. The number of nitrogens with one attached hydrogen (secondary N) is 1. The molecule has 32 heavy (non-hydrogen) atoms. The summed E-state index contributed by atoms with van der Waals surface area (Å²) in [6, 6.07) is 7.15. The van der Waals surface area contributed by atoms with E-state index in [4.69, 9.17) is 13.9 Å². The van der Waals surface area contributed by atoms with E-state index in [9.17, 15) is 4.79 Å². The molecule has 2 aromatic heterocycles. The predicted octanol–water partition coefficient (Wildman–Crippen LogP) is 3.31. The number of carbonyl (C=O) groups excluding carboxylic acids is 1. The number of carbonyl (C=O) groups is 1. The van der Waals surface area contributed by atoms with Crippen molar-refractivity contribution in [3.05, 3.63) is 48.2 Å². The maximum Gasteiger partial charge on any atom is 0.267 e. The van der Waals surface area contributed by atoms with Crippen LogP contribution < -0.4 is 14.8 Å². The van der Waals surface area contributed by atoms with E-state index in [-0.39, 0.29) is 18.4 Å². The quantitative estimate of drug-likeness (QED) is 0.571. The third-order valence-corrected chi connectivity index (χ3v) is 5.65. The van der Waals surface area contributed by atoms with Gasteiger partial charge in [-0.15, -0.1) is 10.2 Å². The summed E-state index contributed by atoms with van der Waals surface area (Å²) in [6.45, 7) is 2.52. The summed E-state index contributed by atoms with van der Waals surface area (Å²) in [5.74, 6) is 2.98. The second-order valence-corrected chi connectivity index (χ2v) is 7.97. The van der Waals surface area contributed by atoms with Crippen LogP contribution in [0.5, 0.6) is 11.5 Å². The Balaban J connectivity index is 1.18. The second kappa shape index (κ2) is 10.2. The number of aromatic nitrogens is 4. The minimum Gasteiger partial charge on any atom is -0.497 e. The lowest BCUT2D eigenvalue weighted by Gasteiger charge is -2.26. The molecule has 1 fully saturated rings. The fraction of sp³-hybridized carbons (Fsp3) is 0.435. The first-order valence-corrected chi connectivity index (χ1v) is 10.8. The highest BCUT2D eigenvalue weighted by atomic mass is 16.5. The number of aryl methyl sites for hydroxylation is 1. The first-order valence-electron chi connectivity index (χ1n) is 10.8. The van der Waals surface area contributed by atoms with Gasteiger partial charge in [-0.2, -0.15) is 0 Å². The maximum atomic E-state index is 12.1. The van der Waals surface area contributed by atoms with Crippen LogP contribution in [0.1, 0.15) is 43.2 Å². The highest BCUT2D eigenvalue weighted by Crippen LogP contribution is 2.35. The van der Waals surface area contributed by atoms with E-state index in [0.717, 1.165) is 37.1 Å². The number of ether oxygens (including phenoxy) is 2. The van der Waals surface area contributed by atoms with Gasteiger partial charge in [0.2, 0.25) is 5.89 Å². The van der Waals surface area contributed by atoms with E-state index in [1.54, 1.807) is 43.8 Å². The van der Waals surface area contributed by atoms with Crippen LogP contribution in [0.4, 0.5) is 0 Å². The SMILES string of the molecule is COc1ccc(OCC(=O)NCC2CCC(c3nnc(-c4cnc(C)cn4)o3)CC2)cc1. The average molecular weight is 438 g/mol. The molecule has 0 radical (unpaired) electrons. The van der Waals surface area contributed by atoms with Crippen LogP contribution >= 0.6 is 0 Å². The summed E-state index contributed by atoms with van der Waals surface area (Å²) in [5, 5.41) is 11.3. The van der Waals surface area contributed by atoms with Gasteiger partial charge in [-0.05, 0) is 62.8 Å². The van der Waals surface area contributed by atoms with Gasteiger partial charge in [-0.1, -0.05) is 0 Å². The highest BCUT2D eigenvalue weighted by Gasteiger charge is 2.27. The van der Waals surface area contributed by atoms with Gasteiger partial charge in [0.1, 0.15) is 17.2 Å². The molecule has 168 valence electrons. The molecule has 1 aliphatic carbocycles. The lowest BCUT2D eigenvalue weighted by molar-refractivity contribution is -0.123. The summed E-state index contributed by atoms with van der Waals surface area (Å²) < 4.78 is 16.5. The minimum absolute atomic E-state index is 0.00562. The molecule has 1 N–H and O–H groups in total. The molecule has 1 saturated carbocycles. The standard InChI is InChI=1S/C23H27N5O4/c1-15-11-25-20(13-24-15)23-28-27-22(32-23)17-5-3-16(4-6-17)12-26-21(29)14-31-19-9-7-18(30-2)8-10-19/h7-11,13,16-17H,3-6,12,14H2,1-2H3,(H,26,29). The summed E-state index contributed by atoms with van der Waals surface area (Å²) in [6.07, 6.45) is 7.21. The zero-order valence-corrected chi connectivity index (χ0v) is 18.3. The van der Waals surface area contributed by atoms with Gasteiger partial charge in [0, 0.05) is 18.7 Å². The summed E-state index contributed by atoms with van der Waals surface area (Å²) in [4.78, 5) is 20.6. The van der Waals surface area contributed by atoms with Crippen LogP contribution in [0.15, 0.2) is 41.1 Å². The van der Waals surface area contributed by atoms with Crippen molar-refractivity contribution in [2.75, 3.05) is 20.3 Å². The van der Waals surface area contributed by atoms with Crippen LogP contribution in [0, 0.1) is 12.8 Å². The van der Waals surface area contributed by atoms with Crippen LogP contribution in [-0.2, 0) is 4.79 Å². The molecule has 0 atom stereocenters. The highest BCUT2D eigenvalue weighted by molar-refractivity contribution is 5.77. The Kier molecular flexibility index (Phi) is 6.94. The second-order valence-electron chi connectivity index (χ2n) is 7.97. The molecule has 4 rings (SSSR count). The van der Waals surface area contributed by atoms with Crippen molar-refractivity contribution in [3.63, 3.8) is 0 Å². The predicted molar refractivity (Wildman–Crippen MR) is 116 cm³/mol. The Morgan fingerprint density at radius 2 is 1.81 bits per heavy atom. The molecule has 0 unspecified atom stereocenters.